The maximum Gasteiger partial charge on any atom is 0.353 e. The van der Waals surface area contributed by atoms with Crippen LogP contribution in [-0.4, -0.2) is 39.7 Å². The molecule has 0 saturated carbocycles. The van der Waals surface area contributed by atoms with Gasteiger partial charge >= 0.3 is 5.69 Å². The minimum Gasteiger partial charge on any atom is -0.395 e. The van der Waals surface area contributed by atoms with Gasteiger partial charge in [-0.05, 0) is 31.5 Å². The molecule has 0 amide bonds. The van der Waals surface area contributed by atoms with E-state index in [2.05, 4.69) is 15.3 Å². The summed E-state index contributed by atoms with van der Waals surface area (Å²) in [6, 6.07) is 7.47. The Labute approximate surface area is 134 Å². The molecule has 0 radical (unpaired) electrons. The highest BCUT2D eigenvalue weighted by molar-refractivity contribution is 5.74. The Morgan fingerprint density at radius 1 is 1.39 bits per heavy atom. The van der Waals surface area contributed by atoms with Crippen molar-refractivity contribution < 1.29 is 10.0 Å². The zero-order chi connectivity index (χ0) is 16.8. The number of nitrogens with one attached hydrogen (secondary N) is 1. The summed E-state index contributed by atoms with van der Waals surface area (Å²) in [5, 5.41) is 23.6. The van der Waals surface area contributed by atoms with E-state index in [9.17, 15) is 10.1 Å². The van der Waals surface area contributed by atoms with E-state index < -0.39 is 4.92 Å². The molecule has 0 fully saturated rings. The summed E-state index contributed by atoms with van der Waals surface area (Å²) in [6.45, 7) is 4.41. The van der Waals surface area contributed by atoms with E-state index in [1.807, 2.05) is 38.1 Å². The number of nitrogens with zero attached hydrogens (tertiary/aromatic N) is 4. The summed E-state index contributed by atoms with van der Waals surface area (Å²) >= 11 is 0. The number of hydrogen-bond acceptors (Lipinski definition) is 7. The van der Waals surface area contributed by atoms with Crippen LogP contribution in [0.25, 0.3) is 0 Å². The Morgan fingerprint density at radius 2 is 2.17 bits per heavy atom. The fourth-order valence-electron chi connectivity index (χ4n) is 2.25. The standard InChI is InChI=1S/C15H19N5O3/c1-3-19(7-8-21)15-13(20(22)23)14(16-10-17-15)18-12-6-4-5-11(2)9-12/h4-6,9-10,21H,3,7-8H2,1-2H3,(H,16,17,18). The molecule has 1 aromatic carbocycles. The average molecular weight is 317 g/mol. The van der Waals surface area contributed by atoms with Gasteiger partial charge in [0.25, 0.3) is 0 Å². The third-order valence-corrected chi connectivity index (χ3v) is 3.32. The summed E-state index contributed by atoms with van der Waals surface area (Å²) in [5.41, 5.74) is 1.54. The number of aryl methyl sites for hydroxylation is 1. The lowest BCUT2D eigenvalue weighted by atomic mass is 10.2. The van der Waals surface area contributed by atoms with E-state index in [4.69, 9.17) is 5.11 Å². The van der Waals surface area contributed by atoms with Crippen LogP contribution < -0.4 is 10.2 Å². The van der Waals surface area contributed by atoms with Gasteiger partial charge in [-0.3, -0.25) is 10.1 Å². The molecule has 0 aliphatic rings. The largest absolute Gasteiger partial charge is 0.395 e. The van der Waals surface area contributed by atoms with Gasteiger partial charge in [-0.2, -0.15) is 0 Å². The van der Waals surface area contributed by atoms with E-state index in [1.165, 1.54) is 6.33 Å². The van der Waals surface area contributed by atoms with Gasteiger partial charge in [0.15, 0.2) is 0 Å². The smallest absolute Gasteiger partial charge is 0.353 e. The summed E-state index contributed by atoms with van der Waals surface area (Å²) < 4.78 is 0. The SMILES string of the molecule is CCN(CCO)c1ncnc(Nc2cccc(C)c2)c1[N+](=O)[O-]. The number of rotatable bonds is 7. The number of likely N-dealkylation sites (N-methyl/N-ethyl adjacent to an activating group) is 1. The third kappa shape index (κ3) is 3.92. The molecular formula is C15H19N5O3. The van der Waals surface area contributed by atoms with Crippen LogP contribution in [0.1, 0.15) is 12.5 Å². The predicted molar refractivity (Wildman–Crippen MR) is 88.1 cm³/mol. The highest BCUT2D eigenvalue weighted by atomic mass is 16.6. The van der Waals surface area contributed by atoms with Crippen molar-refractivity contribution in [2.24, 2.45) is 0 Å². The molecule has 1 heterocycles. The molecule has 8 heteroatoms. The van der Waals surface area contributed by atoms with Crippen LogP contribution in [0.3, 0.4) is 0 Å². The molecule has 2 N–H and O–H groups in total. The molecule has 0 atom stereocenters. The van der Waals surface area contributed by atoms with Crippen molar-refractivity contribution >= 4 is 23.0 Å². The average Bonchev–Trinajstić information content (AvgIpc) is 2.52. The number of aliphatic hydroxyl groups excluding tert-OH is 1. The number of aromatic nitrogens is 2. The number of anilines is 3. The Hall–Kier alpha value is -2.74. The van der Waals surface area contributed by atoms with Crippen LogP contribution in [0.15, 0.2) is 30.6 Å². The van der Waals surface area contributed by atoms with Crippen LogP contribution in [0, 0.1) is 17.0 Å². The van der Waals surface area contributed by atoms with E-state index in [0.717, 1.165) is 5.56 Å². The fourth-order valence-corrected chi connectivity index (χ4v) is 2.25. The summed E-state index contributed by atoms with van der Waals surface area (Å²) in [4.78, 5) is 20.7. The van der Waals surface area contributed by atoms with Crippen LogP contribution >= 0.6 is 0 Å². The van der Waals surface area contributed by atoms with E-state index in [-0.39, 0.29) is 30.5 Å². The van der Waals surface area contributed by atoms with Gasteiger partial charge in [0, 0.05) is 18.8 Å². The first kappa shape index (κ1) is 16.6. The minimum absolute atomic E-state index is 0.115. The van der Waals surface area contributed by atoms with Gasteiger partial charge in [-0.15, -0.1) is 0 Å². The first-order valence-electron chi connectivity index (χ1n) is 7.25. The molecule has 2 aromatic rings. The van der Waals surface area contributed by atoms with Crippen LogP contribution in [-0.2, 0) is 0 Å². The number of benzene rings is 1. The molecule has 2 rings (SSSR count). The normalized spacial score (nSPS) is 10.4. The quantitative estimate of drug-likeness (QED) is 0.596. The van der Waals surface area contributed by atoms with Gasteiger partial charge in [-0.1, -0.05) is 12.1 Å². The highest BCUT2D eigenvalue weighted by Gasteiger charge is 2.26. The Bertz CT molecular complexity index is 693. The topological polar surface area (TPSA) is 104 Å². The van der Waals surface area contributed by atoms with Gasteiger partial charge in [0.2, 0.25) is 11.6 Å². The van der Waals surface area contributed by atoms with E-state index in [1.54, 1.807) is 4.90 Å². The highest BCUT2D eigenvalue weighted by Crippen LogP contribution is 2.33. The number of nitro groups is 1. The maximum absolute atomic E-state index is 11.5. The molecule has 0 spiro atoms. The molecule has 0 saturated heterocycles. The molecule has 1 aromatic heterocycles. The van der Waals surface area contributed by atoms with Crippen molar-refractivity contribution in [1.82, 2.24) is 9.97 Å². The van der Waals surface area contributed by atoms with E-state index in [0.29, 0.717) is 12.2 Å². The second-order valence-corrected chi connectivity index (χ2v) is 4.95. The summed E-state index contributed by atoms with van der Waals surface area (Å²) in [6.07, 6.45) is 1.28. The zero-order valence-electron chi connectivity index (χ0n) is 13.1. The maximum atomic E-state index is 11.5. The van der Waals surface area contributed by atoms with Crippen molar-refractivity contribution in [1.29, 1.82) is 0 Å². The lowest BCUT2D eigenvalue weighted by Crippen LogP contribution is -2.28. The molecule has 0 bridgehead atoms. The fraction of sp³-hybridized carbons (Fsp3) is 0.333. The van der Waals surface area contributed by atoms with Crippen molar-refractivity contribution in [2.45, 2.75) is 13.8 Å². The minimum atomic E-state index is -0.506. The van der Waals surface area contributed by atoms with Gasteiger partial charge < -0.3 is 15.3 Å². The molecule has 122 valence electrons. The molecule has 0 unspecified atom stereocenters. The lowest BCUT2D eigenvalue weighted by molar-refractivity contribution is -0.383. The van der Waals surface area contributed by atoms with Crippen LogP contribution in [0.2, 0.25) is 0 Å². The van der Waals surface area contributed by atoms with Crippen molar-refractivity contribution in [2.75, 3.05) is 29.9 Å². The van der Waals surface area contributed by atoms with E-state index >= 15 is 0 Å². The van der Waals surface area contributed by atoms with Crippen molar-refractivity contribution in [3.05, 3.63) is 46.3 Å². The first-order valence-corrected chi connectivity index (χ1v) is 7.25. The Balaban J connectivity index is 2.45. The summed E-state index contributed by atoms with van der Waals surface area (Å²) in [7, 11) is 0. The van der Waals surface area contributed by atoms with Crippen molar-refractivity contribution in [3.63, 3.8) is 0 Å². The first-order chi connectivity index (χ1) is 11.1. The number of aliphatic hydroxyl groups is 1. The van der Waals surface area contributed by atoms with Crippen LogP contribution in [0.4, 0.5) is 23.0 Å². The zero-order valence-corrected chi connectivity index (χ0v) is 13.1. The van der Waals surface area contributed by atoms with Gasteiger partial charge in [-0.25, -0.2) is 9.97 Å². The molecule has 0 aliphatic heterocycles. The summed E-state index contributed by atoms with van der Waals surface area (Å²) in [5.74, 6) is 0.318. The lowest BCUT2D eigenvalue weighted by Gasteiger charge is -2.21. The van der Waals surface area contributed by atoms with Gasteiger partial charge in [0.1, 0.15) is 6.33 Å². The second kappa shape index (κ2) is 7.50. The van der Waals surface area contributed by atoms with Crippen LogP contribution in [0.5, 0.6) is 0 Å². The Kier molecular flexibility index (Phi) is 5.42. The monoisotopic (exact) mass is 317 g/mol. The number of hydrogen-bond donors (Lipinski definition) is 2. The Morgan fingerprint density at radius 3 is 2.78 bits per heavy atom. The van der Waals surface area contributed by atoms with Crippen molar-refractivity contribution in [3.8, 4) is 0 Å². The third-order valence-electron chi connectivity index (χ3n) is 3.32. The van der Waals surface area contributed by atoms with Gasteiger partial charge in [0.05, 0.1) is 11.5 Å². The predicted octanol–water partition coefficient (Wildman–Crippen LogP) is 2.26. The second-order valence-electron chi connectivity index (χ2n) is 4.95. The molecule has 8 nitrogen and oxygen atoms in total. The molecule has 0 aliphatic carbocycles. The molecular weight excluding hydrogens is 298 g/mol. The molecule has 23 heavy (non-hydrogen) atoms.